The predicted octanol–water partition coefficient (Wildman–Crippen LogP) is -0.634. The first kappa shape index (κ1) is 16.2. The Kier molecular flexibility index (Phi) is 4.94. The Balaban J connectivity index is 2.28. The highest BCUT2D eigenvalue weighted by Gasteiger charge is 2.51. The summed E-state index contributed by atoms with van der Waals surface area (Å²) in [5, 5.41) is 2.92. The zero-order chi connectivity index (χ0) is 16.2. The third kappa shape index (κ3) is 3.02. The highest BCUT2D eigenvalue weighted by molar-refractivity contribution is 5.84. The highest BCUT2D eigenvalue weighted by atomic mass is 16.6. The van der Waals surface area contributed by atoms with E-state index >= 15 is 0 Å². The van der Waals surface area contributed by atoms with Crippen LogP contribution in [0.4, 0.5) is 0 Å². The molecule has 8 nitrogen and oxygen atoms in total. The molecule has 2 rings (SSSR count). The van der Waals surface area contributed by atoms with Gasteiger partial charge in [0, 0.05) is 25.7 Å². The Bertz CT molecular complexity index is 565. The average Bonchev–Trinajstić information content (AvgIpc) is 2.99. The lowest BCUT2D eigenvalue weighted by Gasteiger charge is -2.27. The molecule has 0 aromatic carbocycles. The van der Waals surface area contributed by atoms with Crippen molar-refractivity contribution in [1.82, 2.24) is 10.3 Å². The Morgan fingerprint density at radius 3 is 2.86 bits per heavy atom. The number of rotatable bonds is 5. The monoisotopic (exact) mass is 309 g/mol. The van der Waals surface area contributed by atoms with Gasteiger partial charge in [-0.15, -0.1) is 0 Å². The Morgan fingerprint density at radius 1 is 1.45 bits per heavy atom. The summed E-state index contributed by atoms with van der Waals surface area (Å²) in [5.41, 5.74) is 4.83. The molecule has 1 saturated heterocycles. The van der Waals surface area contributed by atoms with Gasteiger partial charge in [0.25, 0.3) is 0 Å². The third-order valence-corrected chi connectivity index (χ3v) is 3.56. The molecule has 22 heavy (non-hydrogen) atoms. The van der Waals surface area contributed by atoms with Crippen molar-refractivity contribution >= 4 is 11.9 Å². The molecule has 3 N–H and O–H groups in total. The molecule has 2 atom stereocenters. The topological polar surface area (TPSA) is 113 Å². The Hall–Kier alpha value is -2.19. The number of aromatic nitrogens is 1. The van der Waals surface area contributed by atoms with Gasteiger partial charge in [-0.2, -0.15) is 0 Å². The SMILES string of the molecule is COC(=O)[C@@H]1C[C@](Oc2cccnc2CN)(C(=O)OC)CN1. The molecule has 0 spiro atoms. The van der Waals surface area contributed by atoms with Crippen LogP contribution in [0, 0.1) is 0 Å². The lowest BCUT2D eigenvalue weighted by Crippen LogP contribution is -2.47. The van der Waals surface area contributed by atoms with E-state index in [1.54, 1.807) is 18.3 Å². The minimum absolute atomic E-state index is 0.102. The largest absolute Gasteiger partial charge is 0.472 e. The molecular formula is C14H19N3O5. The molecule has 0 aliphatic carbocycles. The number of methoxy groups -OCH3 is 2. The summed E-state index contributed by atoms with van der Waals surface area (Å²) >= 11 is 0. The smallest absolute Gasteiger partial charge is 0.351 e. The van der Waals surface area contributed by atoms with Crippen LogP contribution in [0.25, 0.3) is 0 Å². The van der Waals surface area contributed by atoms with Gasteiger partial charge in [0.05, 0.1) is 19.9 Å². The Labute approximate surface area is 127 Å². The van der Waals surface area contributed by atoms with E-state index in [-0.39, 0.29) is 19.5 Å². The lowest BCUT2D eigenvalue weighted by molar-refractivity contribution is -0.158. The normalized spacial score (nSPS) is 23.9. The van der Waals surface area contributed by atoms with Crippen LogP contribution in [0.2, 0.25) is 0 Å². The lowest BCUT2D eigenvalue weighted by atomic mass is 9.99. The molecule has 1 aromatic heterocycles. The molecule has 2 heterocycles. The molecule has 0 unspecified atom stereocenters. The van der Waals surface area contributed by atoms with Crippen LogP contribution >= 0.6 is 0 Å². The van der Waals surface area contributed by atoms with Gasteiger partial charge in [0.15, 0.2) is 0 Å². The summed E-state index contributed by atoms with van der Waals surface area (Å²) in [7, 11) is 2.56. The average molecular weight is 309 g/mol. The zero-order valence-electron chi connectivity index (χ0n) is 12.5. The van der Waals surface area contributed by atoms with Gasteiger partial charge in [-0.1, -0.05) is 0 Å². The predicted molar refractivity (Wildman–Crippen MR) is 75.9 cm³/mol. The Morgan fingerprint density at radius 2 is 2.23 bits per heavy atom. The molecule has 1 fully saturated rings. The van der Waals surface area contributed by atoms with Crippen LogP contribution in [-0.2, 0) is 25.6 Å². The first-order valence-corrected chi connectivity index (χ1v) is 6.79. The first-order chi connectivity index (χ1) is 10.6. The molecule has 0 saturated carbocycles. The summed E-state index contributed by atoms with van der Waals surface area (Å²) in [6.07, 6.45) is 1.69. The first-order valence-electron chi connectivity index (χ1n) is 6.79. The van der Waals surface area contributed by atoms with Crippen molar-refractivity contribution in [1.29, 1.82) is 0 Å². The van der Waals surface area contributed by atoms with E-state index < -0.39 is 23.6 Å². The number of nitrogens with two attached hydrogens (primary N) is 1. The van der Waals surface area contributed by atoms with Crippen LogP contribution in [0.15, 0.2) is 18.3 Å². The maximum atomic E-state index is 12.2. The fraction of sp³-hybridized carbons (Fsp3) is 0.500. The quantitative estimate of drug-likeness (QED) is 0.691. The summed E-state index contributed by atoms with van der Waals surface area (Å²) in [6.45, 7) is 0.291. The van der Waals surface area contributed by atoms with E-state index in [4.69, 9.17) is 19.9 Å². The van der Waals surface area contributed by atoms with Crippen molar-refractivity contribution < 1.29 is 23.8 Å². The van der Waals surface area contributed by atoms with Gasteiger partial charge in [-0.25, -0.2) is 4.79 Å². The molecule has 0 bridgehead atoms. The van der Waals surface area contributed by atoms with Crippen LogP contribution < -0.4 is 15.8 Å². The number of hydrogen-bond donors (Lipinski definition) is 2. The number of esters is 2. The van der Waals surface area contributed by atoms with E-state index in [0.717, 1.165) is 0 Å². The van der Waals surface area contributed by atoms with Gasteiger partial charge in [0.2, 0.25) is 5.60 Å². The second-order valence-electron chi connectivity index (χ2n) is 4.90. The van der Waals surface area contributed by atoms with E-state index in [0.29, 0.717) is 11.4 Å². The second kappa shape index (κ2) is 6.71. The fourth-order valence-electron chi connectivity index (χ4n) is 2.41. The summed E-state index contributed by atoms with van der Waals surface area (Å²) in [5.74, 6) is -0.638. The molecule has 1 aromatic rings. The van der Waals surface area contributed by atoms with Gasteiger partial charge in [-0.3, -0.25) is 15.1 Å². The van der Waals surface area contributed by atoms with E-state index in [9.17, 15) is 9.59 Å². The molecule has 1 aliphatic rings. The van der Waals surface area contributed by atoms with E-state index in [1.165, 1.54) is 14.2 Å². The number of carbonyl (C=O) groups excluding carboxylic acids is 2. The number of hydrogen-bond acceptors (Lipinski definition) is 8. The summed E-state index contributed by atoms with van der Waals surface area (Å²) in [6, 6.07) is 2.72. The van der Waals surface area contributed by atoms with Crippen molar-refractivity contribution in [3.05, 3.63) is 24.0 Å². The number of nitrogens with zero attached hydrogens (tertiary/aromatic N) is 1. The highest BCUT2D eigenvalue weighted by Crippen LogP contribution is 2.30. The third-order valence-electron chi connectivity index (χ3n) is 3.56. The van der Waals surface area contributed by atoms with Crippen molar-refractivity contribution in [3.63, 3.8) is 0 Å². The van der Waals surface area contributed by atoms with Crippen LogP contribution in [0.3, 0.4) is 0 Å². The van der Waals surface area contributed by atoms with Crippen molar-refractivity contribution in [2.45, 2.75) is 24.6 Å². The van der Waals surface area contributed by atoms with Gasteiger partial charge >= 0.3 is 11.9 Å². The maximum absolute atomic E-state index is 12.2. The molecule has 0 radical (unpaired) electrons. The zero-order valence-corrected chi connectivity index (χ0v) is 12.5. The van der Waals surface area contributed by atoms with Crippen LogP contribution in [0.1, 0.15) is 12.1 Å². The molecule has 0 amide bonds. The van der Waals surface area contributed by atoms with Crippen LogP contribution in [-0.4, -0.2) is 49.3 Å². The minimum atomic E-state index is -1.32. The maximum Gasteiger partial charge on any atom is 0.351 e. The standard InChI is InChI=1S/C14H19N3O5/c1-20-12(18)9-6-14(8-17-9,13(19)21-2)22-11-4-3-5-16-10(11)7-15/h3-5,9,17H,6-8,15H2,1-2H3/t9-,14+/m0/s1. The van der Waals surface area contributed by atoms with Gasteiger partial charge in [0.1, 0.15) is 11.8 Å². The number of carbonyl (C=O) groups is 2. The van der Waals surface area contributed by atoms with Crippen molar-refractivity contribution in [2.24, 2.45) is 5.73 Å². The number of pyridine rings is 1. The van der Waals surface area contributed by atoms with Crippen molar-refractivity contribution in [3.8, 4) is 5.75 Å². The summed E-state index contributed by atoms with van der Waals surface area (Å²) in [4.78, 5) is 28.0. The number of ether oxygens (including phenoxy) is 3. The van der Waals surface area contributed by atoms with Gasteiger partial charge in [-0.05, 0) is 12.1 Å². The van der Waals surface area contributed by atoms with Crippen LogP contribution in [0.5, 0.6) is 5.75 Å². The van der Waals surface area contributed by atoms with Crippen molar-refractivity contribution in [2.75, 3.05) is 20.8 Å². The minimum Gasteiger partial charge on any atom is -0.472 e. The number of nitrogens with one attached hydrogen (secondary N) is 1. The molecule has 8 heteroatoms. The molecular weight excluding hydrogens is 290 g/mol. The molecule has 120 valence electrons. The van der Waals surface area contributed by atoms with Gasteiger partial charge < -0.3 is 19.9 Å². The van der Waals surface area contributed by atoms with E-state index in [2.05, 4.69) is 10.3 Å². The second-order valence-corrected chi connectivity index (χ2v) is 4.90. The fourth-order valence-corrected chi connectivity index (χ4v) is 2.41. The molecule has 1 aliphatic heterocycles. The summed E-state index contributed by atoms with van der Waals surface area (Å²) < 4.78 is 15.4. The van der Waals surface area contributed by atoms with E-state index in [1.807, 2.05) is 0 Å².